The number of carbonyl (C=O) groups is 2. The second-order valence-corrected chi connectivity index (χ2v) is 6.53. The van der Waals surface area contributed by atoms with Crippen molar-refractivity contribution in [2.24, 2.45) is 0 Å². The van der Waals surface area contributed by atoms with Crippen LogP contribution in [0.2, 0.25) is 0 Å². The number of ether oxygens (including phenoxy) is 1. The molecule has 3 rings (SSSR count). The van der Waals surface area contributed by atoms with E-state index in [4.69, 9.17) is 4.74 Å². The fourth-order valence-electron chi connectivity index (χ4n) is 2.73. The molecule has 146 valence electrons. The Hall–Kier alpha value is -3.86. The fraction of sp³-hybridized carbons (Fsp3) is 0.0833. The van der Waals surface area contributed by atoms with Crippen LogP contribution in [0, 0.1) is 6.92 Å². The third-order valence-electron chi connectivity index (χ3n) is 4.19. The third kappa shape index (κ3) is 5.81. The zero-order valence-corrected chi connectivity index (χ0v) is 16.0. The predicted octanol–water partition coefficient (Wildman–Crippen LogP) is 4.43. The van der Waals surface area contributed by atoms with Gasteiger partial charge in [-0.3, -0.25) is 4.79 Å². The van der Waals surface area contributed by atoms with Crippen LogP contribution in [0.3, 0.4) is 0 Å². The summed E-state index contributed by atoms with van der Waals surface area (Å²) in [7, 11) is 0. The Morgan fingerprint density at radius 2 is 1.69 bits per heavy atom. The van der Waals surface area contributed by atoms with Gasteiger partial charge in [-0.2, -0.15) is 0 Å². The molecular formula is C24H21NO4. The van der Waals surface area contributed by atoms with E-state index in [2.05, 4.69) is 11.4 Å². The standard InChI is InChI=1S/C24H21NO4/c1-17-6-5-7-19(14-17)16-29-21-12-10-18(11-13-21)15-22(24(27)28)25-23(26)20-8-3-2-4-9-20/h2-15H,16H2,1H3,(H,25,26)(H,27,28). The van der Waals surface area contributed by atoms with E-state index in [0.29, 0.717) is 23.5 Å². The maximum Gasteiger partial charge on any atom is 0.352 e. The lowest BCUT2D eigenvalue weighted by molar-refractivity contribution is -0.132. The van der Waals surface area contributed by atoms with E-state index in [1.807, 2.05) is 25.1 Å². The van der Waals surface area contributed by atoms with Crippen molar-refractivity contribution in [3.8, 4) is 5.75 Å². The zero-order chi connectivity index (χ0) is 20.6. The van der Waals surface area contributed by atoms with Crippen LogP contribution in [0.15, 0.2) is 84.6 Å². The minimum absolute atomic E-state index is 0.202. The number of carboxylic acid groups (broad SMARTS) is 1. The van der Waals surface area contributed by atoms with Crippen molar-refractivity contribution >= 4 is 18.0 Å². The minimum atomic E-state index is -1.21. The number of aliphatic carboxylic acids is 1. The Kier molecular flexibility index (Phi) is 6.43. The summed E-state index contributed by atoms with van der Waals surface area (Å²) in [6.45, 7) is 2.48. The highest BCUT2D eigenvalue weighted by Gasteiger charge is 2.13. The molecule has 0 unspecified atom stereocenters. The molecule has 0 aliphatic rings. The van der Waals surface area contributed by atoms with E-state index < -0.39 is 11.9 Å². The van der Waals surface area contributed by atoms with Crippen LogP contribution < -0.4 is 10.1 Å². The summed E-state index contributed by atoms with van der Waals surface area (Å²) < 4.78 is 5.77. The SMILES string of the molecule is Cc1cccc(COc2ccc(C=C(NC(=O)c3ccccc3)C(=O)O)cc2)c1. The first-order valence-electron chi connectivity index (χ1n) is 9.11. The lowest BCUT2D eigenvalue weighted by Gasteiger charge is -2.08. The summed E-state index contributed by atoms with van der Waals surface area (Å²) in [5.74, 6) is -1.01. The molecule has 0 aliphatic carbocycles. The van der Waals surface area contributed by atoms with Gasteiger partial charge in [0.15, 0.2) is 0 Å². The van der Waals surface area contributed by atoms with Crippen LogP contribution in [-0.4, -0.2) is 17.0 Å². The van der Waals surface area contributed by atoms with E-state index in [1.54, 1.807) is 54.6 Å². The van der Waals surface area contributed by atoms with Crippen LogP contribution in [0.4, 0.5) is 0 Å². The Labute approximate surface area is 169 Å². The number of hydrogen-bond donors (Lipinski definition) is 2. The number of benzene rings is 3. The highest BCUT2D eigenvalue weighted by atomic mass is 16.5. The van der Waals surface area contributed by atoms with Crippen molar-refractivity contribution in [2.45, 2.75) is 13.5 Å². The highest BCUT2D eigenvalue weighted by molar-refractivity contribution is 6.02. The van der Waals surface area contributed by atoms with Crippen molar-refractivity contribution in [1.29, 1.82) is 0 Å². The van der Waals surface area contributed by atoms with Gasteiger partial charge in [-0.15, -0.1) is 0 Å². The number of aryl methyl sites for hydroxylation is 1. The number of nitrogens with one attached hydrogen (secondary N) is 1. The molecule has 0 spiro atoms. The first kappa shape index (κ1) is 19.9. The molecule has 0 aliphatic heterocycles. The van der Waals surface area contributed by atoms with Gasteiger partial charge in [0.1, 0.15) is 18.1 Å². The van der Waals surface area contributed by atoms with Gasteiger partial charge in [-0.1, -0.05) is 60.2 Å². The number of amides is 1. The Balaban J connectivity index is 1.67. The lowest BCUT2D eigenvalue weighted by atomic mass is 10.1. The molecule has 5 nitrogen and oxygen atoms in total. The van der Waals surface area contributed by atoms with Crippen LogP contribution in [0.25, 0.3) is 6.08 Å². The second kappa shape index (κ2) is 9.37. The van der Waals surface area contributed by atoms with Gasteiger partial charge < -0.3 is 15.2 Å². The zero-order valence-electron chi connectivity index (χ0n) is 16.0. The topological polar surface area (TPSA) is 75.6 Å². The summed E-state index contributed by atoms with van der Waals surface area (Å²) in [5, 5.41) is 11.8. The number of hydrogen-bond acceptors (Lipinski definition) is 3. The molecule has 29 heavy (non-hydrogen) atoms. The van der Waals surface area contributed by atoms with Gasteiger partial charge in [0.05, 0.1) is 0 Å². The molecule has 0 radical (unpaired) electrons. The van der Waals surface area contributed by atoms with Crippen molar-refractivity contribution in [3.63, 3.8) is 0 Å². The molecule has 0 heterocycles. The van der Waals surface area contributed by atoms with Crippen LogP contribution >= 0.6 is 0 Å². The quantitative estimate of drug-likeness (QED) is 0.588. The summed E-state index contributed by atoms with van der Waals surface area (Å²) in [6, 6.07) is 23.5. The lowest BCUT2D eigenvalue weighted by Crippen LogP contribution is -2.27. The van der Waals surface area contributed by atoms with Gasteiger partial charge in [-0.25, -0.2) is 4.79 Å². The van der Waals surface area contributed by atoms with Gasteiger partial charge in [0.25, 0.3) is 5.91 Å². The Morgan fingerprint density at radius 1 is 0.966 bits per heavy atom. The van der Waals surface area contributed by atoms with Gasteiger partial charge in [-0.05, 0) is 48.4 Å². The van der Waals surface area contributed by atoms with Crippen molar-refractivity contribution in [3.05, 3.63) is 107 Å². The molecule has 3 aromatic rings. The van der Waals surface area contributed by atoms with Crippen LogP contribution in [-0.2, 0) is 11.4 Å². The molecule has 1 amide bonds. The maximum absolute atomic E-state index is 12.2. The average Bonchev–Trinajstić information content (AvgIpc) is 2.73. The molecule has 5 heteroatoms. The van der Waals surface area contributed by atoms with Gasteiger partial charge in [0, 0.05) is 5.56 Å². The molecule has 0 aromatic heterocycles. The summed E-state index contributed by atoms with van der Waals surface area (Å²) in [6.07, 6.45) is 1.41. The number of rotatable bonds is 7. The third-order valence-corrected chi connectivity index (χ3v) is 4.19. The smallest absolute Gasteiger partial charge is 0.352 e. The van der Waals surface area contributed by atoms with Gasteiger partial charge >= 0.3 is 5.97 Å². The minimum Gasteiger partial charge on any atom is -0.489 e. The molecule has 3 aromatic carbocycles. The average molecular weight is 387 g/mol. The monoisotopic (exact) mass is 387 g/mol. The molecular weight excluding hydrogens is 366 g/mol. The predicted molar refractivity (Wildman–Crippen MR) is 111 cm³/mol. The largest absolute Gasteiger partial charge is 0.489 e. The fourth-order valence-corrected chi connectivity index (χ4v) is 2.73. The summed E-state index contributed by atoms with van der Waals surface area (Å²) in [4.78, 5) is 23.7. The molecule has 0 saturated carbocycles. The van der Waals surface area contributed by atoms with Crippen molar-refractivity contribution < 1.29 is 19.4 Å². The van der Waals surface area contributed by atoms with Crippen LogP contribution in [0.5, 0.6) is 5.75 Å². The molecule has 0 atom stereocenters. The van der Waals surface area contributed by atoms with Crippen molar-refractivity contribution in [1.82, 2.24) is 5.32 Å². The van der Waals surface area contributed by atoms with E-state index in [0.717, 1.165) is 5.56 Å². The number of carbonyl (C=O) groups excluding carboxylic acids is 1. The first-order chi connectivity index (χ1) is 14.0. The summed E-state index contributed by atoms with van der Waals surface area (Å²) in [5.41, 5.74) is 3.07. The van der Waals surface area contributed by atoms with Crippen LogP contribution in [0.1, 0.15) is 27.0 Å². The van der Waals surface area contributed by atoms with E-state index >= 15 is 0 Å². The number of carboxylic acids is 1. The Morgan fingerprint density at radius 3 is 2.34 bits per heavy atom. The van der Waals surface area contributed by atoms with E-state index in [9.17, 15) is 14.7 Å². The van der Waals surface area contributed by atoms with E-state index in [1.165, 1.54) is 11.6 Å². The highest BCUT2D eigenvalue weighted by Crippen LogP contribution is 2.16. The summed E-state index contributed by atoms with van der Waals surface area (Å²) >= 11 is 0. The first-order valence-corrected chi connectivity index (χ1v) is 9.11. The van der Waals surface area contributed by atoms with Crippen molar-refractivity contribution in [2.75, 3.05) is 0 Å². The van der Waals surface area contributed by atoms with E-state index in [-0.39, 0.29) is 5.70 Å². The molecule has 0 bridgehead atoms. The molecule has 0 saturated heterocycles. The van der Waals surface area contributed by atoms with Gasteiger partial charge in [0.2, 0.25) is 0 Å². The second-order valence-electron chi connectivity index (χ2n) is 6.53. The Bertz CT molecular complexity index is 1020. The molecule has 2 N–H and O–H groups in total. The normalized spacial score (nSPS) is 11.0. The maximum atomic E-state index is 12.2. The molecule has 0 fully saturated rings.